The molecule has 5 heteroatoms. The van der Waals surface area contributed by atoms with Crippen molar-refractivity contribution in [2.45, 2.75) is 25.6 Å². The van der Waals surface area contributed by atoms with Gasteiger partial charge in [0.15, 0.2) is 5.79 Å². The van der Waals surface area contributed by atoms with E-state index in [9.17, 15) is 10.1 Å². The zero-order valence-electron chi connectivity index (χ0n) is 10.7. The second kappa shape index (κ2) is 5.83. The molecule has 0 spiro atoms. The van der Waals surface area contributed by atoms with Crippen LogP contribution < -0.4 is 0 Å². The fraction of sp³-hybridized carbons (Fsp3) is 0.429. The quantitative estimate of drug-likeness (QED) is 0.476. The predicted molar refractivity (Wildman–Crippen MR) is 69.5 cm³/mol. The summed E-state index contributed by atoms with van der Waals surface area (Å²) in [4.78, 5) is 10.4. The first-order chi connectivity index (χ1) is 9.11. The standard InChI is InChI=1S/C14H15NO4/c1-14(18-10-11-19-14)9-5-4-7-12-6-2-3-8-13(12)15(16)17/h2-3,6,8H,5,9-11H2,1H3. The van der Waals surface area contributed by atoms with E-state index in [0.717, 1.165) is 0 Å². The van der Waals surface area contributed by atoms with Crippen LogP contribution in [0.4, 0.5) is 5.69 Å². The molecule has 1 saturated heterocycles. The van der Waals surface area contributed by atoms with Crippen molar-refractivity contribution in [3.05, 3.63) is 39.9 Å². The monoisotopic (exact) mass is 261 g/mol. The summed E-state index contributed by atoms with van der Waals surface area (Å²) in [7, 11) is 0. The lowest BCUT2D eigenvalue weighted by Gasteiger charge is -2.20. The van der Waals surface area contributed by atoms with Gasteiger partial charge in [-0.15, -0.1) is 0 Å². The second-order valence-electron chi connectivity index (χ2n) is 4.41. The van der Waals surface area contributed by atoms with Gasteiger partial charge in [0.1, 0.15) is 5.56 Å². The molecule has 1 aromatic rings. The fourth-order valence-electron chi connectivity index (χ4n) is 1.89. The van der Waals surface area contributed by atoms with E-state index in [-0.39, 0.29) is 5.69 Å². The highest BCUT2D eigenvalue weighted by atomic mass is 16.7. The SMILES string of the molecule is CC1(CCC#Cc2ccccc2[N+](=O)[O-])OCCO1. The Morgan fingerprint density at radius 1 is 1.37 bits per heavy atom. The molecule has 1 fully saturated rings. The van der Waals surface area contributed by atoms with Crippen LogP contribution in [0.5, 0.6) is 0 Å². The largest absolute Gasteiger partial charge is 0.348 e. The van der Waals surface area contributed by atoms with Crippen molar-refractivity contribution in [1.82, 2.24) is 0 Å². The number of ether oxygens (including phenoxy) is 2. The third kappa shape index (κ3) is 3.53. The molecule has 1 heterocycles. The minimum Gasteiger partial charge on any atom is -0.348 e. The lowest BCUT2D eigenvalue weighted by Crippen LogP contribution is -2.24. The third-order valence-corrected chi connectivity index (χ3v) is 2.93. The number of nitro benzene ring substituents is 1. The molecule has 0 saturated carbocycles. The van der Waals surface area contributed by atoms with E-state index < -0.39 is 10.7 Å². The number of benzene rings is 1. The maximum Gasteiger partial charge on any atom is 0.284 e. The van der Waals surface area contributed by atoms with Crippen molar-refractivity contribution >= 4 is 5.69 Å². The maximum absolute atomic E-state index is 10.8. The molecule has 0 aliphatic carbocycles. The highest BCUT2D eigenvalue weighted by molar-refractivity contribution is 5.50. The molecule has 0 unspecified atom stereocenters. The molecule has 2 rings (SSSR count). The molecule has 0 bridgehead atoms. The Balaban J connectivity index is 1.98. The summed E-state index contributed by atoms with van der Waals surface area (Å²) < 4.78 is 10.9. The van der Waals surface area contributed by atoms with Crippen LogP contribution in [0.1, 0.15) is 25.3 Å². The van der Waals surface area contributed by atoms with Crippen LogP contribution in [0.2, 0.25) is 0 Å². The molecular formula is C14H15NO4. The Labute approximate surface area is 111 Å². The lowest BCUT2D eigenvalue weighted by atomic mass is 10.1. The highest BCUT2D eigenvalue weighted by Gasteiger charge is 2.29. The van der Waals surface area contributed by atoms with Crippen molar-refractivity contribution in [1.29, 1.82) is 0 Å². The lowest BCUT2D eigenvalue weighted by molar-refractivity contribution is -0.385. The van der Waals surface area contributed by atoms with Crippen LogP contribution in [0.15, 0.2) is 24.3 Å². The van der Waals surface area contributed by atoms with Crippen molar-refractivity contribution in [2.75, 3.05) is 13.2 Å². The Kier molecular flexibility index (Phi) is 4.15. The average molecular weight is 261 g/mol. The first-order valence-electron chi connectivity index (χ1n) is 6.11. The zero-order chi connectivity index (χ0) is 13.7. The van der Waals surface area contributed by atoms with Gasteiger partial charge in [0.25, 0.3) is 5.69 Å². The van der Waals surface area contributed by atoms with Crippen LogP contribution >= 0.6 is 0 Å². The van der Waals surface area contributed by atoms with E-state index in [4.69, 9.17) is 9.47 Å². The van der Waals surface area contributed by atoms with Gasteiger partial charge in [-0.25, -0.2) is 0 Å². The summed E-state index contributed by atoms with van der Waals surface area (Å²) in [6, 6.07) is 6.47. The highest BCUT2D eigenvalue weighted by Crippen LogP contribution is 2.23. The van der Waals surface area contributed by atoms with Crippen LogP contribution in [0, 0.1) is 22.0 Å². The van der Waals surface area contributed by atoms with Gasteiger partial charge in [-0.3, -0.25) is 10.1 Å². The molecule has 0 N–H and O–H groups in total. The van der Waals surface area contributed by atoms with Gasteiger partial charge < -0.3 is 9.47 Å². The summed E-state index contributed by atoms with van der Waals surface area (Å²) in [6.07, 6.45) is 1.23. The predicted octanol–water partition coefficient (Wildman–Crippen LogP) is 2.49. The molecule has 100 valence electrons. The van der Waals surface area contributed by atoms with Gasteiger partial charge in [-0.05, 0) is 13.0 Å². The van der Waals surface area contributed by atoms with Gasteiger partial charge in [-0.1, -0.05) is 24.0 Å². The Bertz CT molecular complexity index is 524. The topological polar surface area (TPSA) is 61.6 Å². The Morgan fingerprint density at radius 3 is 2.74 bits per heavy atom. The van der Waals surface area contributed by atoms with Gasteiger partial charge in [0.2, 0.25) is 0 Å². The molecule has 0 radical (unpaired) electrons. The summed E-state index contributed by atoms with van der Waals surface area (Å²) in [5.41, 5.74) is 0.473. The van der Waals surface area contributed by atoms with E-state index in [2.05, 4.69) is 11.8 Å². The molecular weight excluding hydrogens is 246 g/mol. The summed E-state index contributed by atoms with van der Waals surface area (Å²) in [6.45, 7) is 3.09. The van der Waals surface area contributed by atoms with E-state index in [1.807, 2.05) is 6.92 Å². The third-order valence-electron chi connectivity index (χ3n) is 2.93. The Hall–Kier alpha value is -1.90. The van der Waals surface area contributed by atoms with E-state index >= 15 is 0 Å². The summed E-state index contributed by atoms with van der Waals surface area (Å²) >= 11 is 0. The maximum atomic E-state index is 10.8. The summed E-state index contributed by atoms with van der Waals surface area (Å²) in [5, 5.41) is 10.8. The second-order valence-corrected chi connectivity index (χ2v) is 4.41. The van der Waals surface area contributed by atoms with Gasteiger partial charge in [0, 0.05) is 18.9 Å². The molecule has 5 nitrogen and oxygen atoms in total. The van der Waals surface area contributed by atoms with Crippen LogP contribution in [-0.4, -0.2) is 23.9 Å². The van der Waals surface area contributed by atoms with Crippen LogP contribution in [-0.2, 0) is 9.47 Å². The molecule has 0 aromatic heterocycles. The van der Waals surface area contributed by atoms with Crippen LogP contribution in [0.25, 0.3) is 0 Å². The van der Waals surface area contributed by atoms with E-state index in [0.29, 0.717) is 31.6 Å². The molecule has 1 aliphatic rings. The van der Waals surface area contributed by atoms with Gasteiger partial charge in [-0.2, -0.15) is 0 Å². The minimum atomic E-state index is -0.558. The number of rotatable bonds is 3. The molecule has 1 aromatic carbocycles. The van der Waals surface area contributed by atoms with Crippen molar-refractivity contribution in [2.24, 2.45) is 0 Å². The first-order valence-corrected chi connectivity index (χ1v) is 6.11. The smallest absolute Gasteiger partial charge is 0.284 e. The molecule has 19 heavy (non-hydrogen) atoms. The average Bonchev–Trinajstić information content (AvgIpc) is 2.82. The van der Waals surface area contributed by atoms with Crippen molar-refractivity contribution < 1.29 is 14.4 Å². The van der Waals surface area contributed by atoms with Gasteiger partial charge >= 0.3 is 0 Å². The molecule has 0 atom stereocenters. The number of nitrogens with zero attached hydrogens (tertiary/aromatic N) is 1. The number of hydrogen-bond acceptors (Lipinski definition) is 4. The normalized spacial score (nSPS) is 16.7. The van der Waals surface area contributed by atoms with Crippen molar-refractivity contribution in [3.8, 4) is 11.8 Å². The number of para-hydroxylation sites is 1. The Morgan fingerprint density at radius 2 is 2.05 bits per heavy atom. The van der Waals surface area contributed by atoms with E-state index in [1.54, 1.807) is 18.2 Å². The van der Waals surface area contributed by atoms with E-state index in [1.165, 1.54) is 6.07 Å². The zero-order valence-corrected chi connectivity index (χ0v) is 10.7. The minimum absolute atomic E-state index is 0.0366. The summed E-state index contributed by atoms with van der Waals surface area (Å²) in [5.74, 6) is 5.21. The van der Waals surface area contributed by atoms with Crippen molar-refractivity contribution in [3.63, 3.8) is 0 Å². The first kappa shape index (κ1) is 13.5. The molecule has 0 amide bonds. The van der Waals surface area contributed by atoms with Crippen LogP contribution in [0.3, 0.4) is 0 Å². The fourth-order valence-corrected chi connectivity index (χ4v) is 1.89. The number of hydrogen-bond donors (Lipinski definition) is 0. The number of nitro groups is 1. The molecule has 1 aliphatic heterocycles. The van der Waals surface area contributed by atoms with Gasteiger partial charge in [0.05, 0.1) is 18.1 Å².